The smallest absolute Gasteiger partial charge is 0.129 e. The van der Waals surface area contributed by atoms with E-state index in [2.05, 4.69) is 16.4 Å². The molecule has 1 aliphatic rings. The minimum Gasteiger partial charge on any atom is -0.507 e. The Morgan fingerprint density at radius 2 is 1.86 bits per heavy atom. The zero-order valence-electron chi connectivity index (χ0n) is 16.2. The van der Waals surface area contributed by atoms with E-state index in [1.54, 1.807) is 20.2 Å². The molecule has 0 unspecified atom stereocenters. The minimum atomic E-state index is 0.150. The number of phenolic OH excluding ortho intramolecular Hbond substituents is 1. The second-order valence-electron chi connectivity index (χ2n) is 7.28. The van der Waals surface area contributed by atoms with Crippen molar-refractivity contribution in [2.75, 3.05) is 25.9 Å². The van der Waals surface area contributed by atoms with Crippen LogP contribution in [-0.4, -0.2) is 41.4 Å². The van der Waals surface area contributed by atoms with Gasteiger partial charge in [0.2, 0.25) is 0 Å². The maximum Gasteiger partial charge on any atom is 0.129 e. The maximum atomic E-state index is 10.6. The number of hydrogen-bond acceptors (Lipinski definition) is 6. The van der Waals surface area contributed by atoms with Gasteiger partial charge in [0, 0.05) is 47.3 Å². The van der Waals surface area contributed by atoms with Crippen LogP contribution in [0.1, 0.15) is 35.6 Å². The fourth-order valence-corrected chi connectivity index (χ4v) is 3.81. The standard InChI is InChI=1S/C22H25N5O/c1-13-21(23)15(12-24-2)11-16(22(13)28)18-4-6-19-20(27-18)5-3-17(26-19)14-7-9-25-10-8-14/h3-6,11-12,14,25,28H,7-10,23H2,1-2H3. The Morgan fingerprint density at radius 1 is 1.14 bits per heavy atom. The summed E-state index contributed by atoms with van der Waals surface area (Å²) in [4.78, 5) is 13.6. The molecular weight excluding hydrogens is 350 g/mol. The van der Waals surface area contributed by atoms with Gasteiger partial charge in [0.15, 0.2) is 0 Å². The molecule has 0 spiro atoms. The Kier molecular flexibility index (Phi) is 4.96. The largest absolute Gasteiger partial charge is 0.507 e. The highest BCUT2D eigenvalue weighted by atomic mass is 16.3. The second kappa shape index (κ2) is 7.56. The number of fused-ring (bicyclic) bond motifs is 1. The lowest BCUT2D eigenvalue weighted by atomic mass is 9.94. The lowest BCUT2D eigenvalue weighted by Crippen LogP contribution is -2.27. The number of nitrogen functional groups attached to an aromatic ring is 1. The number of aliphatic imine (C=N–C) groups is 1. The molecule has 0 atom stereocenters. The van der Waals surface area contributed by atoms with Crippen molar-refractivity contribution < 1.29 is 5.11 Å². The number of nitrogens with two attached hydrogens (primary N) is 1. The highest BCUT2D eigenvalue weighted by Gasteiger charge is 2.18. The number of hydrogen-bond donors (Lipinski definition) is 3. The second-order valence-corrected chi connectivity index (χ2v) is 7.28. The molecule has 0 radical (unpaired) electrons. The van der Waals surface area contributed by atoms with Gasteiger partial charge in [-0.3, -0.25) is 9.98 Å². The molecule has 3 heterocycles. The molecule has 0 aliphatic carbocycles. The van der Waals surface area contributed by atoms with Crippen LogP contribution in [-0.2, 0) is 0 Å². The van der Waals surface area contributed by atoms with Gasteiger partial charge in [-0.1, -0.05) is 0 Å². The predicted octanol–water partition coefficient (Wildman–Crippen LogP) is 3.41. The molecule has 1 aliphatic heterocycles. The topological polar surface area (TPSA) is 96.4 Å². The van der Waals surface area contributed by atoms with Gasteiger partial charge in [-0.2, -0.15) is 0 Å². The van der Waals surface area contributed by atoms with Gasteiger partial charge in [0.25, 0.3) is 0 Å². The van der Waals surface area contributed by atoms with Gasteiger partial charge in [0.05, 0.1) is 16.7 Å². The molecule has 6 nitrogen and oxygen atoms in total. The number of anilines is 1. The van der Waals surface area contributed by atoms with E-state index in [0.717, 1.165) is 48.2 Å². The molecule has 0 amide bonds. The van der Waals surface area contributed by atoms with Crippen LogP contribution in [0, 0.1) is 6.92 Å². The van der Waals surface area contributed by atoms with Crippen LogP contribution in [0.4, 0.5) is 5.69 Å². The number of rotatable bonds is 3. The summed E-state index contributed by atoms with van der Waals surface area (Å²) < 4.78 is 0. The van der Waals surface area contributed by atoms with Crippen molar-refractivity contribution >= 4 is 22.9 Å². The van der Waals surface area contributed by atoms with Crippen molar-refractivity contribution in [2.45, 2.75) is 25.7 Å². The van der Waals surface area contributed by atoms with E-state index in [9.17, 15) is 5.11 Å². The average molecular weight is 375 g/mol. The third kappa shape index (κ3) is 3.31. The normalized spacial score (nSPS) is 15.5. The van der Waals surface area contributed by atoms with Crippen molar-refractivity contribution in [1.29, 1.82) is 0 Å². The predicted molar refractivity (Wildman–Crippen MR) is 114 cm³/mol. The van der Waals surface area contributed by atoms with Gasteiger partial charge in [-0.25, -0.2) is 4.98 Å². The van der Waals surface area contributed by atoms with E-state index >= 15 is 0 Å². The average Bonchev–Trinajstić information content (AvgIpc) is 2.74. The first kappa shape index (κ1) is 18.4. The molecule has 144 valence electrons. The molecule has 1 aromatic carbocycles. The van der Waals surface area contributed by atoms with E-state index < -0.39 is 0 Å². The quantitative estimate of drug-likeness (QED) is 0.481. The van der Waals surface area contributed by atoms with E-state index in [-0.39, 0.29) is 5.75 Å². The van der Waals surface area contributed by atoms with E-state index in [0.29, 0.717) is 28.4 Å². The summed E-state index contributed by atoms with van der Waals surface area (Å²) in [6.07, 6.45) is 3.92. The molecule has 3 aromatic rings. The molecule has 4 rings (SSSR count). The van der Waals surface area contributed by atoms with Gasteiger partial charge >= 0.3 is 0 Å². The number of aromatic nitrogens is 2. The molecule has 4 N–H and O–H groups in total. The fourth-order valence-electron chi connectivity index (χ4n) is 3.81. The summed E-state index contributed by atoms with van der Waals surface area (Å²) >= 11 is 0. The fraction of sp³-hybridized carbons (Fsp3) is 0.318. The first-order valence-electron chi connectivity index (χ1n) is 9.61. The van der Waals surface area contributed by atoms with Gasteiger partial charge in [-0.15, -0.1) is 0 Å². The first-order valence-corrected chi connectivity index (χ1v) is 9.61. The van der Waals surface area contributed by atoms with E-state index in [1.807, 2.05) is 24.3 Å². The van der Waals surface area contributed by atoms with Crippen LogP contribution in [0.3, 0.4) is 0 Å². The summed E-state index contributed by atoms with van der Waals surface area (Å²) in [5.41, 5.74) is 12.2. The number of aromatic hydroxyl groups is 1. The Hall–Kier alpha value is -2.99. The van der Waals surface area contributed by atoms with Crippen molar-refractivity contribution in [3.05, 3.63) is 47.2 Å². The molecule has 0 bridgehead atoms. The highest BCUT2D eigenvalue weighted by Crippen LogP contribution is 2.36. The Balaban J connectivity index is 1.76. The number of benzene rings is 1. The summed E-state index contributed by atoms with van der Waals surface area (Å²) in [6, 6.07) is 9.81. The van der Waals surface area contributed by atoms with Crippen LogP contribution in [0.15, 0.2) is 35.3 Å². The summed E-state index contributed by atoms with van der Waals surface area (Å²) in [6.45, 7) is 3.89. The maximum absolute atomic E-state index is 10.6. The highest BCUT2D eigenvalue weighted by molar-refractivity contribution is 5.93. The molecule has 1 saturated heterocycles. The summed E-state index contributed by atoms with van der Waals surface area (Å²) in [5.74, 6) is 0.655. The monoisotopic (exact) mass is 375 g/mol. The third-order valence-electron chi connectivity index (χ3n) is 5.49. The number of piperidine rings is 1. The van der Waals surface area contributed by atoms with Gasteiger partial charge < -0.3 is 16.2 Å². The number of pyridine rings is 2. The molecule has 1 fully saturated rings. The van der Waals surface area contributed by atoms with Crippen LogP contribution in [0.25, 0.3) is 22.3 Å². The Morgan fingerprint density at radius 3 is 2.61 bits per heavy atom. The number of phenols is 1. The van der Waals surface area contributed by atoms with E-state index in [1.165, 1.54) is 0 Å². The molecule has 0 saturated carbocycles. The van der Waals surface area contributed by atoms with Gasteiger partial charge in [0.1, 0.15) is 5.75 Å². The zero-order valence-corrected chi connectivity index (χ0v) is 16.2. The van der Waals surface area contributed by atoms with Crippen molar-refractivity contribution in [2.24, 2.45) is 4.99 Å². The van der Waals surface area contributed by atoms with Gasteiger partial charge in [-0.05, 0) is 63.2 Å². The van der Waals surface area contributed by atoms with E-state index in [4.69, 9.17) is 15.7 Å². The zero-order chi connectivity index (χ0) is 19.7. The molecule has 6 heteroatoms. The minimum absolute atomic E-state index is 0.150. The lowest BCUT2D eigenvalue weighted by molar-refractivity contribution is 0.454. The van der Waals surface area contributed by atoms with Crippen LogP contribution >= 0.6 is 0 Å². The number of nitrogens with one attached hydrogen (secondary N) is 1. The van der Waals surface area contributed by atoms with Crippen LogP contribution in [0.5, 0.6) is 5.75 Å². The summed E-state index contributed by atoms with van der Waals surface area (Å²) in [7, 11) is 1.70. The van der Waals surface area contributed by atoms with Crippen LogP contribution < -0.4 is 11.1 Å². The first-order chi connectivity index (χ1) is 13.6. The third-order valence-corrected chi connectivity index (χ3v) is 5.49. The Labute approximate surface area is 164 Å². The number of nitrogens with zero attached hydrogens (tertiary/aromatic N) is 3. The molecule has 2 aromatic heterocycles. The SMILES string of the molecule is CN=Cc1cc(-c2ccc3nc(C4CCNCC4)ccc3n2)c(O)c(C)c1N. The van der Waals surface area contributed by atoms with Crippen molar-refractivity contribution in [3.8, 4) is 17.0 Å². The van der Waals surface area contributed by atoms with Crippen molar-refractivity contribution in [1.82, 2.24) is 15.3 Å². The molecule has 28 heavy (non-hydrogen) atoms. The lowest BCUT2D eigenvalue weighted by Gasteiger charge is -2.22. The van der Waals surface area contributed by atoms with Crippen LogP contribution in [0.2, 0.25) is 0 Å². The van der Waals surface area contributed by atoms with Crippen molar-refractivity contribution in [3.63, 3.8) is 0 Å². The summed E-state index contributed by atoms with van der Waals surface area (Å²) in [5, 5.41) is 14.0. The Bertz CT molecular complexity index is 1050. The molecular formula is C22H25N5O.